The van der Waals surface area contributed by atoms with Gasteiger partial charge in [0.05, 0.1) is 0 Å². The summed E-state index contributed by atoms with van der Waals surface area (Å²) in [5.74, 6) is 6.58. The Morgan fingerprint density at radius 1 is 0.791 bits per heavy atom. The molecular weight excluding hydrogens is 559 g/mol. The highest BCUT2D eigenvalue weighted by molar-refractivity contribution is 7.26. The molecule has 0 radical (unpaired) electrons. The molecule has 1 nitrogen and oxygen atoms in total. The molecule has 0 saturated carbocycles. The highest BCUT2D eigenvalue weighted by atomic mass is 32.1. The number of thiophene rings is 2. The molecule has 0 saturated heterocycles. The van der Waals surface area contributed by atoms with Crippen molar-refractivity contribution in [3.8, 4) is 23.0 Å². The standard InChI is InChI=1S/C40H35NS2/c1-5-8-9-19-37-31(7-3)35-17-12-15-32(39(35)42-37)28(6-2)22-21-27(4)41-30-25-23-29(24-26-30)33-16-13-18-36-34-14-10-11-20-38(34)43-40(33)36/h6,10-18,20-26,41H,2,5,7,19H2,1,3-4H3/b27-21+,28-22+. The van der Waals surface area contributed by atoms with Crippen LogP contribution in [-0.2, 0) is 12.8 Å². The number of rotatable bonds is 8. The van der Waals surface area contributed by atoms with Gasteiger partial charge in [0.15, 0.2) is 0 Å². The molecule has 212 valence electrons. The Balaban J connectivity index is 1.24. The number of nitrogens with one attached hydrogen (secondary N) is 1. The summed E-state index contributed by atoms with van der Waals surface area (Å²) in [5.41, 5.74) is 8.43. The fraction of sp³-hybridized carbons (Fsp3) is 0.150. The van der Waals surface area contributed by atoms with E-state index in [0.717, 1.165) is 36.2 Å². The number of benzene rings is 4. The SMILES string of the molecule is C=C/C(=C\C=C(/C)Nc1ccc(-c2cccc3c2sc2ccccc23)cc1)c1cccc2c(CC)c(CC#CCC)sc12. The van der Waals surface area contributed by atoms with Crippen molar-refractivity contribution in [3.05, 3.63) is 131 Å². The average molecular weight is 594 g/mol. The van der Waals surface area contributed by atoms with Crippen LogP contribution in [0.5, 0.6) is 0 Å². The topological polar surface area (TPSA) is 12.0 Å². The van der Waals surface area contributed by atoms with E-state index in [1.54, 1.807) is 0 Å². The number of anilines is 1. The van der Waals surface area contributed by atoms with Crippen molar-refractivity contribution in [1.29, 1.82) is 0 Å². The van der Waals surface area contributed by atoms with E-state index in [2.05, 4.69) is 142 Å². The maximum Gasteiger partial charge on any atom is 0.0437 e. The molecule has 0 spiro atoms. The molecule has 3 heteroatoms. The van der Waals surface area contributed by atoms with Crippen LogP contribution in [-0.4, -0.2) is 0 Å². The van der Waals surface area contributed by atoms with Crippen LogP contribution in [0.4, 0.5) is 5.69 Å². The molecule has 2 heterocycles. The summed E-state index contributed by atoms with van der Waals surface area (Å²) < 4.78 is 4.00. The van der Waals surface area contributed by atoms with Gasteiger partial charge in [0.2, 0.25) is 0 Å². The molecule has 2 aromatic heterocycles. The van der Waals surface area contributed by atoms with Crippen LogP contribution in [0.1, 0.15) is 43.2 Å². The van der Waals surface area contributed by atoms with Gasteiger partial charge in [0, 0.05) is 54.0 Å². The van der Waals surface area contributed by atoms with Gasteiger partial charge in [-0.1, -0.05) is 105 Å². The average Bonchev–Trinajstić information content (AvgIpc) is 3.60. The lowest BCUT2D eigenvalue weighted by Gasteiger charge is -2.09. The van der Waals surface area contributed by atoms with E-state index in [1.165, 1.54) is 57.4 Å². The van der Waals surface area contributed by atoms with Crippen molar-refractivity contribution in [2.45, 2.75) is 40.0 Å². The third-order valence-corrected chi connectivity index (χ3v) is 10.3. The summed E-state index contributed by atoms with van der Waals surface area (Å²) >= 11 is 3.75. The molecular formula is C40H35NS2. The lowest BCUT2D eigenvalue weighted by Crippen LogP contribution is -1.95. The Bertz CT molecular complexity index is 2070. The smallest absolute Gasteiger partial charge is 0.0437 e. The number of hydrogen-bond donors (Lipinski definition) is 1. The molecule has 0 amide bonds. The van der Waals surface area contributed by atoms with Gasteiger partial charge in [-0.05, 0) is 70.8 Å². The third-order valence-electron chi connectivity index (χ3n) is 7.79. The van der Waals surface area contributed by atoms with Crippen molar-refractivity contribution >= 4 is 64.2 Å². The van der Waals surface area contributed by atoms with Crippen LogP contribution in [0.2, 0.25) is 0 Å². The Morgan fingerprint density at radius 3 is 2.35 bits per heavy atom. The van der Waals surface area contributed by atoms with Crippen molar-refractivity contribution < 1.29 is 0 Å². The Morgan fingerprint density at radius 2 is 1.56 bits per heavy atom. The van der Waals surface area contributed by atoms with Crippen molar-refractivity contribution in [1.82, 2.24) is 0 Å². The van der Waals surface area contributed by atoms with Crippen LogP contribution in [0.15, 0.2) is 115 Å². The molecule has 0 atom stereocenters. The Kier molecular flexibility index (Phi) is 8.61. The fourth-order valence-corrected chi connectivity index (χ4v) is 8.31. The molecule has 6 aromatic rings. The minimum atomic E-state index is 0.823. The zero-order valence-electron chi connectivity index (χ0n) is 25.0. The zero-order chi connectivity index (χ0) is 29.8. The van der Waals surface area contributed by atoms with Gasteiger partial charge in [-0.3, -0.25) is 0 Å². The highest BCUT2D eigenvalue weighted by Gasteiger charge is 2.14. The number of hydrogen-bond acceptors (Lipinski definition) is 3. The van der Waals surface area contributed by atoms with E-state index in [4.69, 9.17) is 0 Å². The van der Waals surface area contributed by atoms with Gasteiger partial charge in [-0.25, -0.2) is 0 Å². The fourth-order valence-electron chi connectivity index (χ4n) is 5.70. The van der Waals surface area contributed by atoms with Crippen LogP contribution in [0.25, 0.3) is 47.0 Å². The zero-order valence-corrected chi connectivity index (χ0v) is 26.6. The quantitative estimate of drug-likeness (QED) is 0.137. The first-order chi connectivity index (χ1) is 21.1. The second-order valence-electron chi connectivity index (χ2n) is 10.6. The summed E-state index contributed by atoms with van der Waals surface area (Å²) in [6.45, 7) is 10.6. The molecule has 0 aliphatic carbocycles. The number of aryl methyl sites for hydroxylation is 1. The van der Waals surface area contributed by atoms with Crippen molar-refractivity contribution in [2.75, 3.05) is 5.32 Å². The van der Waals surface area contributed by atoms with Crippen LogP contribution in [0.3, 0.4) is 0 Å². The van der Waals surface area contributed by atoms with E-state index in [-0.39, 0.29) is 0 Å². The molecule has 0 unspecified atom stereocenters. The molecule has 4 aromatic carbocycles. The molecule has 6 rings (SSSR count). The predicted molar refractivity (Wildman–Crippen MR) is 193 cm³/mol. The molecule has 0 fully saturated rings. The van der Waals surface area contributed by atoms with Crippen molar-refractivity contribution in [2.24, 2.45) is 0 Å². The van der Waals surface area contributed by atoms with Crippen LogP contribution < -0.4 is 5.32 Å². The first-order valence-electron chi connectivity index (χ1n) is 14.9. The Labute approximate surface area is 262 Å². The van der Waals surface area contributed by atoms with Gasteiger partial charge in [0.25, 0.3) is 0 Å². The van der Waals surface area contributed by atoms with Gasteiger partial charge in [-0.2, -0.15) is 0 Å². The number of fused-ring (bicyclic) bond motifs is 4. The molecule has 0 bridgehead atoms. The predicted octanol–water partition coefficient (Wildman–Crippen LogP) is 12.0. The third kappa shape index (κ3) is 5.82. The largest absolute Gasteiger partial charge is 0.359 e. The summed E-state index contributed by atoms with van der Waals surface area (Å²) in [7, 11) is 0. The van der Waals surface area contributed by atoms with Crippen LogP contribution >= 0.6 is 22.7 Å². The number of allylic oxidation sites excluding steroid dienone is 5. The maximum atomic E-state index is 4.16. The molecule has 0 aliphatic rings. The lowest BCUT2D eigenvalue weighted by atomic mass is 10.00. The van der Waals surface area contributed by atoms with Gasteiger partial charge >= 0.3 is 0 Å². The van der Waals surface area contributed by atoms with Gasteiger partial charge < -0.3 is 5.32 Å². The lowest BCUT2D eigenvalue weighted by molar-refractivity contribution is 1.13. The maximum absolute atomic E-state index is 4.16. The summed E-state index contributed by atoms with van der Waals surface area (Å²) in [4.78, 5) is 1.38. The Hall–Kier alpha value is -4.36. The van der Waals surface area contributed by atoms with Gasteiger partial charge in [0.1, 0.15) is 0 Å². The summed E-state index contributed by atoms with van der Waals surface area (Å²) in [6.07, 6.45) is 9.01. The summed E-state index contributed by atoms with van der Waals surface area (Å²) in [5, 5.41) is 7.57. The van der Waals surface area contributed by atoms with E-state index >= 15 is 0 Å². The van der Waals surface area contributed by atoms with E-state index in [9.17, 15) is 0 Å². The molecule has 1 N–H and O–H groups in total. The van der Waals surface area contributed by atoms with Crippen LogP contribution in [0, 0.1) is 11.8 Å². The first kappa shape index (κ1) is 28.7. The summed E-state index contributed by atoms with van der Waals surface area (Å²) in [6, 6.07) is 30.7. The second-order valence-corrected chi connectivity index (χ2v) is 12.7. The normalized spacial score (nSPS) is 12.1. The molecule has 0 aliphatic heterocycles. The van der Waals surface area contributed by atoms with E-state index < -0.39 is 0 Å². The van der Waals surface area contributed by atoms with E-state index in [1.807, 2.05) is 28.7 Å². The van der Waals surface area contributed by atoms with Gasteiger partial charge in [-0.15, -0.1) is 28.6 Å². The first-order valence-corrected chi connectivity index (χ1v) is 16.5. The van der Waals surface area contributed by atoms with Crippen molar-refractivity contribution in [3.63, 3.8) is 0 Å². The monoisotopic (exact) mass is 593 g/mol. The minimum Gasteiger partial charge on any atom is -0.359 e. The molecule has 43 heavy (non-hydrogen) atoms. The second kappa shape index (κ2) is 12.9. The highest BCUT2D eigenvalue weighted by Crippen LogP contribution is 2.40. The minimum absolute atomic E-state index is 0.823. The van der Waals surface area contributed by atoms with E-state index in [0.29, 0.717) is 0 Å².